The molecule has 0 saturated carbocycles. The zero-order valence-electron chi connectivity index (χ0n) is 28.0. The fourth-order valence-electron chi connectivity index (χ4n) is 5.11. The smallest absolute Gasteiger partial charge is 0.283 e. The molecule has 7 nitrogen and oxygen atoms in total. The van der Waals surface area contributed by atoms with Gasteiger partial charge in [0.15, 0.2) is 0 Å². The Morgan fingerprint density at radius 3 is 1.94 bits per heavy atom. The van der Waals surface area contributed by atoms with Crippen LogP contribution in [-0.4, -0.2) is 59.3 Å². The largest absolute Gasteiger partial charge is 0.403 e. The Morgan fingerprint density at radius 2 is 1.42 bits per heavy atom. The lowest BCUT2D eigenvalue weighted by Gasteiger charge is -2.29. The molecule has 0 unspecified atom stereocenters. The van der Waals surface area contributed by atoms with E-state index in [1.54, 1.807) is 51.5 Å². The van der Waals surface area contributed by atoms with Crippen molar-refractivity contribution >= 4 is 72.1 Å². The van der Waals surface area contributed by atoms with Crippen molar-refractivity contribution in [2.75, 3.05) is 32.6 Å². The number of hydrogen-bond donors (Lipinski definition) is 1. The van der Waals surface area contributed by atoms with Crippen LogP contribution in [0.25, 0.3) is 6.08 Å². The highest BCUT2D eigenvalue weighted by atomic mass is 35.5. The number of anilines is 1. The SMILES string of the molecule is CN(C)C(=O)c1ccc(C=CC(=O)NCC(=O)N(C)c2c(CO[Si](c3ccccc3)c3ccccc3)cc(Cl)c(C(C)(C)C)c2Cl)cc1. The van der Waals surface area contributed by atoms with Gasteiger partial charge in [0, 0.05) is 43.4 Å². The zero-order valence-corrected chi connectivity index (χ0v) is 30.5. The van der Waals surface area contributed by atoms with Gasteiger partial charge in [0.05, 0.1) is 23.9 Å². The Labute approximate surface area is 294 Å². The van der Waals surface area contributed by atoms with Crippen molar-refractivity contribution < 1.29 is 18.8 Å². The molecule has 1 N–H and O–H groups in total. The number of hydrogen-bond acceptors (Lipinski definition) is 4. The van der Waals surface area contributed by atoms with Crippen molar-refractivity contribution in [3.8, 4) is 0 Å². The molecule has 0 heterocycles. The Hall–Kier alpha value is -4.21. The minimum atomic E-state index is -1.66. The van der Waals surface area contributed by atoms with Crippen LogP contribution in [0.15, 0.2) is 97.1 Å². The third-order valence-electron chi connectivity index (χ3n) is 7.58. The molecular weight excluding hydrogens is 661 g/mol. The van der Waals surface area contributed by atoms with Gasteiger partial charge in [-0.05, 0) is 51.2 Å². The van der Waals surface area contributed by atoms with Crippen LogP contribution in [0.4, 0.5) is 5.69 Å². The molecule has 48 heavy (non-hydrogen) atoms. The van der Waals surface area contributed by atoms with E-state index in [2.05, 4.69) is 29.6 Å². The van der Waals surface area contributed by atoms with Gasteiger partial charge in [-0.25, -0.2) is 0 Å². The van der Waals surface area contributed by atoms with Gasteiger partial charge in [-0.2, -0.15) is 0 Å². The van der Waals surface area contributed by atoms with Gasteiger partial charge in [0.2, 0.25) is 11.8 Å². The van der Waals surface area contributed by atoms with Crippen LogP contribution >= 0.6 is 23.2 Å². The number of likely N-dealkylation sites (N-methyl/N-ethyl adjacent to an activating group) is 1. The molecule has 249 valence electrons. The van der Waals surface area contributed by atoms with Crippen LogP contribution in [0.1, 0.15) is 47.8 Å². The summed E-state index contributed by atoms with van der Waals surface area (Å²) in [5.41, 5.74) is 2.73. The van der Waals surface area contributed by atoms with E-state index in [1.807, 2.05) is 63.2 Å². The first-order valence-corrected chi connectivity index (χ1v) is 17.6. The molecule has 0 spiro atoms. The molecule has 0 aliphatic heterocycles. The van der Waals surface area contributed by atoms with Gasteiger partial charge in [0.25, 0.3) is 14.9 Å². The summed E-state index contributed by atoms with van der Waals surface area (Å²) in [6.07, 6.45) is 2.96. The molecule has 4 aromatic rings. The summed E-state index contributed by atoms with van der Waals surface area (Å²) in [4.78, 5) is 41.3. The second-order valence-corrected chi connectivity index (χ2v) is 15.4. The Kier molecular flexibility index (Phi) is 12.4. The first-order chi connectivity index (χ1) is 22.8. The van der Waals surface area contributed by atoms with Crippen LogP contribution in [0.3, 0.4) is 0 Å². The minimum absolute atomic E-state index is 0.107. The maximum Gasteiger partial charge on any atom is 0.283 e. The van der Waals surface area contributed by atoms with E-state index in [-0.39, 0.29) is 25.0 Å². The molecule has 4 rings (SSSR count). The Morgan fingerprint density at radius 1 is 0.854 bits per heavy atom. The number of carbonyl (C=O) groups is 3. The van der Waals surface area contributed by atoms with Crippen LogP contribution in [-0.2, 0) is 26.0 Å². The lowest BCUT2D eigenvalue weighted by molar-refractivity contribution is -0.122. The molecule has 0 fully saturated rings. The molecule has 0 saturated heterocycles. The monoisotopic (exact) mass is 700 g/mol. The van der Waals surface area contributed by atoms with Crippen LogP contribution in [0.5, 0.6) is 0 Å². The Bertz CT molecular complexity index is 1730. The molecule has 1 radical (unpaired) electrons. The fraction of sp³-hybridized carbons (Fsp3) is 0.237. The van der Waals surface area contributed by atoms with E-state index in [1.165, 1.54) is 15.9 Å². The summed E-state index contributed by atoms with van der Waals surface area (Å²) >= 11 is 13.9. The highest BCUT2D eigenvalue weighted by molar-refractivity contribution is 6.80. The zero-order chi connectivity index (χ0) is 35.0. The summed E-state index contributed by atoms with van der Waals surface area (Å²) in [6, 6.07) is 28.8. The average Bonchev–Trinajstić information content (AvgIpc) is 3.06. The van der Waals surface area contributed by atoms with Gasteiger partial charge in [0.1, 0.15) is 0 Å². The standard InChI is InChI=1S/C38H40Cl2N3O4Si/c1-38(2,3)34-31(39)23-28(25-47-48(29-13-9-7-10-14-29)30-15-11-8-12-16-30)36(35(34)40)43(6)33(45)24-41-32(44)22-19-26-17-20-27(21-18-26)37(46)42(4)5/h7-23H,24-25H2,1-6H3,(H,41,44). The number of amides is 3. The van der Waals surface area contributed by atoms with Crippen molar-refractivity contribution in [2.45, 2.75) is 32.8 Å². The van der Waals surface area contributed by atoms with Gasteiger partial charge in [-0.15, -0.1) is 0 Å². The minimum Gasteiger partial charge on any atom is -0.403 e. The third kappa shape index (κ3) is 9.23. The van der Waals surface area contributed by atoms with Gasteiger partial charge >= 0.3 is 0 Å². The topological polar surface area (TPSA) is 79.0 Å². The maximum absolute atomic E-state index is 13.5. The van der Waals surface area contributed by atoms with Crippen molar-refractivity contribution in [1.29, 1.82) is 0 Å². The lowest BCUT2D eigenvalue weighted by Crippen LogP contribution is -2.45. The van der Waals surface area contributed by atoms with E-state index in [0.29, 0.717) is 32.4 Å². The number of halogens is 2. The van der Waals surface area contributed by atoms with Crippen molar-refractivity contribution in [1.82, 2.24) is 10.2 Å². The number of rotatable bonds is 11. The second kappa shape index (κ2) is 16.3. The molecule has 10 heteroatoms. The van der Waals surface area contributed by atoms with E-state index in [9.17, 15) is 14.4 Å². The van der Waals surface area contributed by atoms with E-state index >= 15 is 0 Å². The van der Waals surface area contributed by atoms with Crippen LogP contribution < -0.4 is 20.6 Å². The predicted molar refractivity (Wildman–Crippen MR) is 198 cm³/mol. The number of nitrogens with zero attached hydrogens (tertiary/aromatic N) is 2. The van der Waals surface area contributed by atoms with E-state index in [0.717, 1.165) is 15.9 Å². The lowest BCUT2D eigenvalue weighted by atomic mass is 9.85. The number of benzene rings is 4. The van der Waals surface area contributed by atoms with E-state index in [4.69, 9.17) is 27.6 Å². The van der Waals surface area contributed by atoms with Gasteiger partial charge in [-0.3, -0.25) is 14.4 Å². The number of carbonyl (C=O) groups excluding carboxylic acids is 3. The second-order valence-electron chi connectivity index (χ2n) is 12.5. The highest BCUT2D eigenvalue weighted by Crippen LogP contribution is 2.43. The van der Waals surface area contributed by atoms with Crippen molar-refractivity contribution in [2.24, 2.45) is 0 Å². The first-order valence-electron chi connectivity index (χ1n) is 15.4. The summed E-state index contributed by atoms with van der Waals surface area (Å²) < 4.78 is 6.66. The van der Waals surface area contributed by atoms with Gasteiger partial charge in [-0.1, -0.05) is 117 Å². The molecule has 4 aromatic carbocycles. The summed E-state index contributed by atoms with van der Waals surface area (Å²) in [5.74, 6) is -0.917. The molecule has 0 bridgehead atoms. The maximum atomic E-state index is 13.5. The summed E-state index contributed by atoms with van der Waals surface area (Å²) in [5, 5.41) is 5.67. The summed E-state index contributed by atoms with van der Waals surface area (Å²) in [6.45, 7) is 5.92. The Balaban J connectivity index is 1.54. The first kappa shape index (κ1) is 36.6. The quantitative estimate of drug-likeness (QED) is 0.151. The average molecular weight is 702 g/mol. The normalized spacial score (nSPS) is 11.5. The third-order valence-corrected chi connectivity index (χ3v) is 10.4. The molecule has 0 atom stereocenters. The highest BCUT2D eigenvalue weighted by Gasteiger charge is 2.29. The van der Waals surface area contributed by atoms with E-state index < -0.39 is 20.4 Å². The molecule has 3 amide bonds. The molecule has 0 aliphatic carbocycles. The number of nitrogens with one attached hydrogen (secondary N) is 1. The van der Waals surface area contributed by atoms with Crippen molar-refractivity contribution in [3.63, 3.8) is 0 Å². The van der Waals surface area contributed by atoms with Crippen LogP contribution in [0.2, 0.25) is 10.0 Å². The molecule has 0 aromatic heterocycles. The molecule has 0 aliphatic rings. The van der Waals surface area contributed by atoms with Crippen molar-refractivity contribution in [3.05, 3.63) is 129 Å². The van der Waals surface area contributed by atoms with Crippen LogP contribution in [0, 0.1) is 0 Å². The summed E-state index contributed by atoms with van der Waals surface area (Å²) in [7, 11) is 3.35. The fourth-order valence-corrected chi connectivity index (χ4v) is 8.26. The predicted octanol–water partition coefficient (Wildman–Crippen LogP) is 6.11. The van der Waals surface area contributed by atoms with Gasteiger partial charge < -0.3 is 19.5 Å². The molecular formula is C38H40Cl2N3O4Si.